The van der Waals surface area contributed by atoms with Crippen LogP contribution in [0, 0.1) is 0 Å². The summed E-state index contributed by atoms with van der Waals surface area (Å²) in [6.07, 6.45) is 5.55. The van der Waals surface area contributed by atoms with Crippen molar-refractivity contribution in [2.24, 2.45) is 0 Å². The molecule has 30 heavy (non-hydrogen) atoms. The predicted octanol–water partition coefficient (Wildman–Crippen LogP) is 2.29. The summed E-state index contributed by atoms with van der Waals surface area (Å²) >= 11 is 1.51. The van der Waals surface area contributed by atoms with Gasteiger partial charge in [0.25, 0.3) is 5.91 Å². The number of urea groups is 1. The van der Waals surface area contributed by atoms with Crippen molar-refractivity contribution in [3.05, 3.63) is 22.4 Å². The van der Waals surface area contributed by atoms with Crippen molar-refractivity contribution in [2.75, 3.05) is 0 Å². The highest BCUT2D eigenvalue weighted by atomic mass is 32.1. The lowest BCUT2D eigenvalue weighted by Gasteiger charge is -2.41. The van der Waals surface area contributed by atoms with Crippen LogP contribution in [0.5, 0.6) is 0 Å². The van der Waals surface area contributed by atoms with Gasteiger partial charge in [-0.25, -0.2) is 4.79 Å². The third-order valence-electron chi connectivity index (χ3n) is 6.15. The van der Waals surface area contributed by atoms with Crippen LogP contribution < -0.4 is 16.0 Å². The Morgan fingerprint density at radius 3 is 2.57 bits per heavy atom. The monoisotopic (exact) mass is 434 g/mol. The lowest BCUT2D eigenvalue weighted by Crippen LogP contribution is -2.60. The van der Waals surface area contributed by atoms with Crippen LogP contribution in [0.15, 0.2) is 17.5 Å². The number of amides is 5. The molecule has 1 aromatic rings. The molecule has 0 aromatic carbocycles. The van der Waals surface area contributed by atoms with Crippen LogP contribution in [0.25, 0.3) is 0 Å². The molecule has 8 nitrogen and oxygen atoms in total. The average Bonchev–Trinajstić information content (AvgIpc) is 3.35. The Kier molecular flexibility index (Phi) is 7.12. The van der Waals surface area contributed by atoms with Crippen molar-refractivity contribution < 1.29 is 19.2 Å². The first-order chi connectivity index (χ1) is 14.3. The molecule has 0 spiro atoms. The topological polar surface area (TPSA) is 108 Å². The molecule has 0 bridgehead atoms. The molecule has 5 amide bonds. The molecule has 1 aliphatic carbocycles. The first kappa shape index (κ1) is 22.3. The Morgan fingerprint density at radius 1 is 1.27 bits per heavy atom. The van der Waals surface area contributed by atoms with E-state index in [1.807, 2.05) is 24.4 Å². The van der Waals surface area contributed by atoms with Crippen molar-refractivity contribution in [2.45, 2.75) is 83.0 Å². The minimum Gasteiger partial charge on any atom is -0.351 e. The summed E-state index contributed by atoms with van der Waals surface area (Å²) in [4.78, 5) is 52.5. The van der Waals surface area contributed by atoms with Crippen molar-refractivity contribution in [3.8, 4) is 0 Å². The van der Waals surface area contributed by atoms with Gasteiger partial charge in [0.2, 0.25) is 11.8 Å². The third kappa shape index (κ3) is 5.00. The van der Waals surface area contributed by atoms with E-state index in [1.54, 1.807) is 11.8 Å². The van der Waals surface area contributed by atoms with Crippen molar-refractivity contribution in [1.29, 1.82) is 0 Å². The highest BCUT2D eigenvalue weighted by molar-refractivity contribution is 7.09. The lowest BCUT2D eigenvalue weighted by atomic mass is 9.90. The van der Waals surface area contributed by atoms with Gasteiger partial charge in [0.15, 0.2) is 0 Å². The largest absolute Gasteiger partial charge is 0.351 e. The number of hydrogen-bond donors (Lipinski definition) is 3. The number of rotatable bonds is 8. The molecule has 9 heteroatoms. The standard InChI is InChI=1S/C21H30N4O4S/c1-3-21(2,19(28)22-14-8-5-4-6-9-14)25(13-15-10-7-11-30-15)17(26)12-16-18(27)24-20(29)23-16/h7,10-11,14,16H,3-6,8-9,12-13H2,1-2H3,(H,22,28)(H2,23,24,27,29)/t16-,21+/m0/s1. The summed E-state index contributed by atoms with van der Waals surface area (Å²) in [5.74, 6) is -1.02. The molecule has 1 aromatic heterocycles. The van der Waals surface area contributed by atoms with Gasteiger partial charge in [-0.3, -0.25) is 19.7 Å². The van der Waals surface area contributed by atoms with Crippen molar-refractivity contribution in [1.82, 2.24) is 20.9 Å². The van der Waals surface area contributed by atoms with Gasteiger partial charge < -0.3 is 15.5 Å². The fourth-order valence-corrected chi connectivity index (χ4v) is 4.74. The maximum atomic E-state index is 13.3. The van der Waals surface area contributed by atoms with Crippen molar-refractivity contribution in [3.63, 3.8) is 0 Å². The van der Waals surface area contributed by atoms with Crippen LogP contribution in [-0.4, -0.2) is 46.3 Å². The second-order valence-corrected chi connectivity index (χ2v) is 9.25. The summed E-state index contributed by atoms with van der Waals surface area (Å²) < 4.78 is 0. The highest BCUT2D eigenvalue weighted by Crippen LogP contribution is 2.27. The van der Waals surface area contributed by atoms with Crippen LogP contribution in [0.1, 0.15) is 63.7 Å². The van der Waals surface area contributed by atoms with Gasteiger partial charge in [-0.05, 0) is 37.6 Å². The summed E-state index contributed by atoms with van der Waals surface area (Å²) in [5, 5.41) is 9.70. The van der Waals surface area contributed by atoms with E-state index in [4.69, 9.17) is 0 Å². The zero-order valence-corrected chi connectivity index (χ0v) is 18.3. The minimum atomic E-state index is -1.06. The maximum Gasteiger partial charge on any atom is 0.322 e. The molecule has 1 saturated carbocycles. The zero-order chi connectivity index (χ0) is 21.7. The van der Waals surface area contributed by atoms with E-state index in [0.29, 0.717) is 6.42 Å². The average molecular weight is 435 g/mol. The number of carbonyl (C=O) groups excluding carboxylic acids is 4. The molecule has 164 valence electrons. The van der Waals surface area contributed by atoms with Gasteiger partial charge in [-0.2, -0.15) is 0 Å². The SMILES string of the molecule is CC[C@](C)(C(=O)NC1CCCCC1)N(Cc1cccs1)C(=O)C[C@@H]1NC(=O)NC1=O. The van der Waals surface area contributed by atoms with Crippen LogP contribution in [0.4, 0.5) is 4.79 Å². The summed E-state index contributed by atoms with van der Waals surface area (Å²) in [5.41, 5.74) is -1.06. The van der Waals surface area contributed by atoms with Gasteiger partial charge in [-0.15, -0.1) is 11.3 Å². The molecule has 1 saturated heterocycles. The Morgan fingerprint density at radius 2 is 2.00 bits per heavy atom. The number of thiophene rings is 1. The van der Waals surface area contributed by atoms with Gasteiger partial charge >= 0.3 is 6.03 Å². The van der Waals surface area contributed by atoms with E-state index >= 15 is 0 Å². The van der Waals surface area contributed by atoms with Crippen LogP contribution >= 0.6 is 11.3 Å². The van der Waals surface area contributed by atoms with E-state index in [2.05, 4.69) is 16.0 Å². The molecular formula is C21H30N4O4S. The Labute approximate surface area is 180 Å². The Hall–Kier alpha value is -2.42. The number of imide groups is 1. The second kappa shape index (κ2) is 9.59. The minimum absolute atomic E-state index is 0.135. The summed E-state index contributed by atoms with van der Waals surface area (Å²) in [6, 6.07) is 2.44. The quantitative estimate of drug-likeness (QED) is 0.546. The summed E-state index contributed by atoms with van der Waals surface area (Å²) in [6.45, 7) is 3.95. The Bertz CT molecular complexity index is 791. The second-order valence-electron chi connectivity index (χ2n) is 8.21. The first-order valence-electron chi connectivity index (χ1n) is 10.6. The zero-order valence-electron chi connectivity index (χ0n) is 17.5. The van der Waals surface area contributed by atoms with Gasteiger partial charge in [0.1, 0.15) is 11.6 Å². The van der Waals surface area contributed by atoms with Crippen LogP contribution in [-0.2, 0) is 20.9 Å². The highest BCUT2D eigenvalue weighted by Gasteiger charge is 2.43. The predicted molar refractivity (Wildman–Crippen MR) is 114 cm³/mol. The van der Waals surface area contributed by atoms with Crippen molar-refractivity contribution >= 4 is 35.1 Å². The van der Waals surface area contributed by atoms with E-state index in [0.717, 1.165) is 30.6 Å². The van der Waals surface area contributed by atoms with Crippen LogP contribution in [0.2, 0.25) is 0 Å². The van der Waals surface area contributed by atoms with Gasteiger partial charge in [0.05, 0.1) is 13.0 Å². The molecule has 2 fully saturated rings. The fourth-order valence-electron chi connectivity index (χ4n) is 4.05. The lowest BCUT2D eigenvalue weighted by molar-refractivity contribution is -0.149. The van der Waals surface area contributed by atoms with E-state index in [9.17, 15) is 19.2 Å². The number of carbonyl (C=O) groups is 4. The van der Waals surface area contributed by atoms with Crippen LogP contribution in [0.3, 0.4) is 0 Å². The summed E-state index contributed by atoms with van der Waals surface area (Å²) in [7, 11) is 0. The van der Waals surface area contributed by atoms with Gasteiger partial charge in [0, 0.05) is 10.9 Å². The first-order valence-corrected chi connectivity index (χ1v) is 11.5. The molecule has 0 radical (unpaired) electrons. The molecule has 3 rings (SSSR count). The molecular weight excluding hydrogens is 404 g/mol. The van der Waals surface area contributed by atoms with E-state index < -0.39 is 23.5 Å². The number of nitrogens with one attached hydrogen (secondary N) is 3. The smallest absolute Gasteiger partial charge is 0.322 e. The number of hydrogen-bond acceptors (Lipinski definition) is 5. The molecule has 2 heterocycles. The third-order valence-corrected chi connectivity index (χ3v) is 7.01. The van der Waals surface area contributed by atoms with Gasteiger partial charge in [-0.1, -0.05) is 32.3 Å². The molecule has 1 aliphatic heterocycles. The molecule has 0 unspecified atom stereocenters. The Balaban J connectivity index is 1.80. The normalized spacial score (nSPS) is 21.5. The van der Waals surface area contributed by atoms with E-state index in [-0.39, 0.29) is 30.8 Å². The fraction of sp³-hybridized carbons (Fsp3) is 0.619. The molecule has 2 aliphatic rings. The number of nitrogens with zero attached hydrogens (tertiary/aromatic N) is 1. The molecule has 3 N–H and O–H groups in total. The molecule has 2 atom stereocenters. The maximum absolute atomic E-state index is 13.3. The van der Waals surface area contributed by atoms with E-state index in [1.165, 1.54) is 17.8 Å².